The van der Waals surface area contributed by atoms with Gasteiger partial charge >= 0.3 is 20.1 Å². The van der Waals surface area contributed by atoms with Crippen LogP contribution in [0.1, 0.15) is 17.3 Å². The Bertz CT molecular complexity index is 1230. The Hall–Kier alpha value is -3.27. The molecule has 5 heteroatoms. The normalized spacial score (nSPS) is 15.3. The maximum atomic E-state index is 13.1. The van der Waals surface area contributed by atoms with Gasteiger partial charge in [-0.05, 0) is 29.2 Å². The van der Waals surface area contributed by atoms with Crippen molar-refractivity contribution in [2.24, 2.45) is 0 Å². The van der Waals surface area contributed by atoms with Gasteiger partial charge in [-0.2, -0.15) is 41.6 Å². The number of halogens is 1. The first-order chi connectivity index (χ1) is 15.8. The molecule has 0 amide bonds. The molecule has 0 fully saturated rings. The minimum atomic E-state index is -0.369. The minimum absolute atomic E-state index is 0. The van der Waals surface area contributed by atoms with Gasteiger partial charge < -0.3 is 15.2 Å². The predicted octanol–water partition coefficient (Wildman–Crippen LogP) is 6.55. The molecule has 1 aromatic heterocycles. The monoisotopic (exact) mass is 611 g/mol. The first-order valence-corrected chi connectivity index (χ1v) is 10.6. The molecule has 3 nitrogen and oxygen atoms in total. The Balaban J connectivity index is 0.000000162. The molecule has 3 heterocycles. The van der Waals surface area contributed by atoms with Gasteiger partial charge in [0.2, 0.25) is 0 Å². The van der Waals surface area contributed by atoms with E-state index in [1.165, 1.54) is 17.2 Å². The van der Waals surface area contributed by atoms with E-state index >= 15 is 0 Å². The molecule has 0 radical (unpaired) electrons. The molecule has 2 aliphatic heterocycles. The van der Waals surface area contributed by atoms with Gasteiger partial charge in [0, 0.05) is 18.6 Å². The van der Waals surface area contributed by atoms with Crippen molar-refractivity contribution in [3.8, 4) is 22.4 Å². The van der Waals surface area contributed by atoms with E-state index in [4.69, 9.17) is 0 Å². The summed E-state index contributed by atoms with van der Waals surface area (Å²) in [6.45, 7) is 1.08. The minimum Gasteiger partial charge on any atom is -0.668 e. The summed E-state index contributed by atoms with van der Waals surface area (Å²) in [7, 11) is 0. The van der Waals surface area contributed by atoms with Crippen molar-refractivity contribution < 1.29 is 24.5 Å². The van der Waals surface area contributed by atoms with Crippen LogP contribution in [-0.4, -0.2) is 16.4 Å². The molecule has 3 aromatic carbocycles. The zero-order valence-corrected chi connectivity index (χ0v) is 20.2. The topological polar surface area (TPSA) is 30.2 Å². The molecule has 164 valence electrons. The molecule has 2 aliphatic rings. The Kier molecular flexibility index (Phi) is 7.33. The van der Waals surface area contributed by atoms with Crippen molar-refractivity contribution in [1.29, 1.82) is 0 Å². The average molecular weight is 611 g/mol. The van der Waals surface area contributed by atoms with E-state index in [1.54, 1.807) is 18.3 Å². The van der Waals surface area contributed by atoms with Crippen LogP contribution >= 0.6 is 0 Å². The first-order valence-electron chi connectivity index (χ1n) is 10.6. The zero-order chi connectivity index (χ0) is 21.8. The summed E-state index contributed by atoms with van der Waals surface area (Å²) in [5, 5.41) is 4.41. The van der Waals surface area contributed by atoms with Gasteiger partial charge in [-0.1, -0.05) is 48.9 Å². The largest absolute Gasteiger partial charge is 3.00 e. The molecular weight excluding hydrogens is 590 g/mol. The number of pyridine rings is 1. The number of nitrogens with zero attached hydrogens (tertiary/aromatic N) is 3. The van der Waals surface area contributed by atoms with Crippen molar-refractivity contribution in [2.45, 2.75) is 12.6 Å². The maximum Gasteiger partial charge on any atom is 3.00 e. The third-order valence-electron chi connectivity index (χ3n) is 5.58. The van der Waals surface area contributed by atoms with Crippen molar-refractivity contribution >= 4 is 0 Å². The van der Waals surface area contributed by atoms with Crippen LogP contribution in [0.2, 0.25) is 0 Å². The van der Waals surface area contributed by atoms with Crippen LogP contribution in [0.5, 0.6) is 0 Å². The Labute approximate surface area is 207 Å². The molecule has 0 aliphatic carbocycles. The fourth-order valence-electron chi connectivity index (χ4n) is 3.95. The fraction of sp³-hybridized carbons (Fsp3) is 0.107. The van der Waals surface area contributed by atoms with E-state index < -0.39 is 0 Å². The molecule has 33 heavy (non-hydrogen) atoms. The van der Waals surface area contributed by atoms with Crippen molar-refractivity contribution in [1.82, 2.24) is 9.88 Å². The number of rotatable bonds is 2. The van der Waals surface area contributed by atoms with Gasteiger partial charge in [0.05, 0.1) is 0 Å². The maximum absolute atomic E-state index is 13.1. The average Bonchev–Trinajstić information content (AvgIpc) is 3.35. The van der Waals surface area contributed by atoms with Gasteiger partial charge in [0.15, 0.2) is 0 Å². The van der Waals surface area contributed by atoms with Gasteiger partial charge in [0.25, 0.3) is 0 Å². The molecular formula is C28H21FIrN3. The van der Waals surface area contributed by atoms with Crippen molar-refractivity contribution in [3.05, 3.63) is 132 Å². The van der Waals surface area contributed by atoms with Gasteiger partial charge in [-0.25, -0.2) is 4.39 Å². The number of benzene rings is 3. The summed E-state index contributed by atoms with van der Waals surface area (Å²) in [4.78, 5) is 6.63. The summed E-state index contributed by atoms with van der Waals surface area (Å²) in [6.07, 6.45) is 7.08. The number of aromatic nitrogens is 1. The molecule has 0 saturated heterocycles. The van der Waals surface area contributed by atoms with Crippen LogP contribution in [0.15, 0.2) is 97.5 Å². The second-order valence-electron chi connectivity index (χ2n) is 7.63. The van der Waals surface area contributed by atoms with Crippen LogP contribution in [0.3, 0.4) is 0 Å². The van der Waals surface area contributed by atoms with Gasteiger partial charge in [0.1, 0.15) is 0 Å². The summed E-state index contributed by atoms with van der Waals surface area (Å²) < 4.78 is 13.1. The molecule has 4 aromatic rings. The number of fused-ring (bicyclic) bond motifs is 3. The Morgan fingerprint density at radius 3 is 2.61 bits per heavy atom. The zero-order valence-electron chi connectivity index (χ0n) is 17.8. The summed E-state index contributed by atoms with van der Waals surface area (Å²) in [5.74, 6) is -0.369. The van der Waals surface area contributed by atoms with E-state index in [1.807, 2.05) is 54.7 Å². The Morgan fingerprint density at radius 1 is 0.939 bits per heavy atom. The Morgan fingerprint density at radius 2 is 1.82 bits per heavy atom. The van der Waals surface area contributed by atoms with Gasteiger partial charge in [-0.15, -0.1) is 29.8 Å². The predicted molar refractivity (Wildman–Crippen MR) is 125 cm³/mol. The molecule has 1 unspecified atom stereocenters. The second-order valence-corrected chi connectivity index (χ2v) is 7.63. The molecule has 6 rings (SSSR count). The van der Waals surface area contributed by atoms with Crippen LogP contribution in [0.25, 0.3) is 27.7 Å². The third-order valence-corrected chi connectivity index (χ3v) is 5.58. The smallest absolute Gasteiger partial charge is 0.668 e. The van der Waals surface area contributed by atoms with E-state index in [9.17, 15) is 4.39 Å². The van der Waals surface area contributed by atoms with E-state index in [2.05, 4.69) is 45.7 Å². The summed E-state index contributed by atoms with van der Waals surface area (Å²) >= 11 is 0. The molecule has 0 spiro atoms. The first kappa shape index (κ1) is 22.9. The summed E-state index contributed by atoms with van der Waals surface area (Å²) in [6, 6.07) is 30.9. The van der Waals surface area contributed by atoms with Crippen LogP contribution < -0.4 is 0 Å². The van der Waals surface area contributed by atoms with Gasteiger partial charge in [-0.3, -0.25) is 0 Å². The van der Waals surface area contributed by atoms with E-state index in [0.717, 1.165) is 29.8 Å². The van der Waals surface area contributed by atoms with Crippen LogP contribution in [0.4, 0.5) is 4.39 Å². The second kappa shape index (κ2) is 10.6. The molecule has 0 N–H and O–H groups in total. The quantitative estimate of drug-likeness (QED) is 0.241. The van der Waals surface area contributed by atoms with Crippen LogP contribution in [0, 0.1) is 17.9 Å². The third kappa shape index (κ3) is 5.22. The number of hydrogen-bond acceptors (Lipinski definition) is 2. The number of hydrogen-bond donors (Lipinski definition) is 0. The van der Waals surface area contributed by atoms with Crippen LogP contribution in [-0.2, 0) is 26.5 Å². The fourth-order valence-corrected chi connectivity index (χ4v) is 3.95. The molecule has 0 saturated carbocycles. The molecule has 1 atom stereocenters. The van der Waals surface area contributed by atoms with Crippen molar-refractivity contribution in [2.75, 3.05) is 6.54 Å². The SMILES string of the molecule is Fc1[c-]c(-c2ccc(-c3ccccc3)cn2)ccc1.[Ir+3].[c-]1cccc2c1C1[N-]C=CN1CC2. The van der Waals surface area contributed by atoms with E-state index in [-0.39, 0.29) is 32.1 Å². The summed E-state index contributed by atoms with van der Waals surface area (Å²) in [5.41, 5.74) is 6.19. The molecule has 0 bridgehead atoms. The van der Waals surface area contributed by atoms with E-state index in [0.29, 0.717) is 5.56 Å². The standard InChI is InChI=1S/C17H11FN.C11H10N2.Ir/c18-16-8-4-7-14(11-16)17-10-9-15(12-19-17)13-5-2-1-3-6-13;1-2-4-10-9(3-1)5-7-13-8-6-12-11(10)13;/h1-10,12H;1-3,6,8,11H,5,7H2;/q-1;-2;+3. The van der Waals surface area contributed by atoms with Crippen molar-refractivity contribution in [3.63, 3.8) is 0 Å².